The number of fused-ring (bicyclic) bond motifs is 3. The third kappa shape index (κ3) is 1.45. The van der Waals surface area contributed by atoms with E-state index in [1.807, 2.05) is 6.92 Å². The maximum absolute atomic E-state index is 11.4. The third-order valence-electron chi connectivity index (χ3n) is 2.71. The number of aryl methyl sites for hydroxylation is 1. The van der Waals surface area contributed by atoms with Crippen LogP contribution in [0.2, 0.25) is 0 Å². The van der Waals surface area contributed by atoms with E-state index < -0.39 is 11.3 Å². The smallest absolute Gasteiger partial charge is 0.336 e. The Labute approximate surface area is 95.1 Å². The zero-order valence-electron chi connectivity index (χ0n) is 9.02. The molecule has 0 N–H and O–H groups in total. The first kappa shape index (κ1) is 9.84. The van der Waals surface area contributed by atoms with Gasteiger partial charge in [0.15, 0.2) is 0 Å². The van der Waals surface area contributed by atoms with Gasteiger partial charge in [0.2, 0.25) is 0 Å². The molecule has 17 heavy (non-hydrogen) atoms. The second kappa shape index (κ2) is 3.31. The van der Waals surface area contributed by atoms with Crippen molar-refractivity contribution in [3.8, 4) is 0 Å². The van der Waals surface area contributed by atoms with Crippen molar-refractivity contribution in [1.82, 2.24) is 0 Å². The van der Waals surface area contributed by atoms with Gasteiger partial charge in [0.05, 0.1) is 5.39 Å². The minimum absolute atomic E-state index is 0.409. The van der Waals surface area contributed by atoms with E-state index in [4.69, 9.17) is 8.83 Å². The molecule has 3 rings (SSSR count). The Morgan fingerprint density at radius 3 is 2.47 bits per heavy atom. The minimum atomic E-state index is -0.424. The van der Waals surface area contributed by atoms with Crippen molar-refractivity contribution in [2.75, 3.05) is 0 Å². The monoisotopic (exact) mass is 228 g/mol. The maximum Gasteiger partial charge on any atom is 0.336 e. The third-order valence-corrected chi connectivity index (χ3v) is 2.71. The molecule has 84 valence electrons. The van der Waals surface area contributed by atoms with Crippen molar-refractivity contribution in [1.29, 1.82) is 0 Å². The summed E-state index contributed by atoms with van der Waals surface area (Å²) in [5.41, 5.74) is 0.875. The van der Waals surface area contributed by atoms with E-state index in [0.29, 0.717) is 16.6 Å². The standard InChI is InChI=1S/C13H8O4/c1-7-6-12(15)17-13-8(7)2-4-10-9(13)3-5-11(14)16-10/h2-6H,1H3. The van der Waals surface area contributed by atoms with Crippen LogP contribution in [0.3, 0.4) is 0 Å². The van der Waals surface area contributed by atoms with Crippen LogP contribution in [0.5, 0.6) is 0 Å². The van der Waals surface area contributed by atoms with Crippen LogP contribution in [0.15, 0.2) is 48.8 Å². The molecule has 0 saturated carbocycles. The first-order chi connectivity index (χ1) is 8.15. The molecule has 0 saturated heterocycles. The van der Waals surface area contributed by atoms with Gasteiger partial charge in [0.25, 0.3) is 0 Å². The molecule has 0 unspecified atom stereocenters. The molecule has 0 radical (unpaired) electrons. The molecule has 0 spiro atoms. The maximum atomic E-state index is 11.4. The van der Waals surface area contributed by atoms with Crippen LogP contribution in [-0.4, -0.2) is 0 Å². The lowest BCUT2D eigenvalue weighted by molar-refractivity contribution is 0.551. The lowest BCUT2D eigenvalue weighted by Gasteiger charge is -2.02. The van der Waals surface area contributed by atoms with Gasteiger partial charge in [-0.15, -0.1) is 0 Å². The van der Waals surface area contributed by atoms with E-state index in [1.165, 1.54) is 12.1 Å². The van der Waals surface area contributed by atoms with Crippen LogP contribution >= 0.6 is 0 Å². The molecular formula is C13H8O4. The highest BCUT2D eigenvalue weighted by atomic mass is 16.4. The Kier molecular flexibility index (Phi) is 1.92. The molecule has 0 atom stereocenters. The van der Waals surface area contributed by atoms with E-state index in [-0.39, 0.29) is 0 Å². The van der Waals surface area contributed by atoms with Gasteiger partial charge in [0, 0.05) is 17.5 Å². The van der Waals surface area contributed by atoms with Crippen molar-refractivity contribution < 1.29 is 8.83 Å². The topological polar surface area (TPSA) is 60.4 Å². The van der Waals surface area contributed by atoms with Crippen molar-refractivity contribution in [2.24, 2.45) is 0 Å². The zero-order chi connectivity index (χ0) is 12.0. The first-order valence-electron chi connectivity index (χ1n) is 5.12. The molecule has 4 heteroatoms. The van der Waals surface area contributed by atoms with Crippen LogP contribution in [0.25, 0.3) is 21.9 Å². The quantitative estimate of drug-likeness (QED) is 0.437. The highest BCUT2D eigenvalue weighted by Crippen LogP contribution is 2.24. The van der Waals surface area contributed by atoms with E-state index >= 15 is 0 Å². The van der Waals surface area contributed by atoms with Crippen LogP contribution in [0, 0.1) is 6.92 Å². The average Bonchev–Trinajstić information content (AvgIpc) is 2.27. The van der Waals surface area contributed by atoms with Gasteiger partial charge < -0.3 is 8.83 Å². The van der Waals surface area contributed by atoms with Gasteiger partial charge in [-0.2, -0.15) is 0 Å². The van der Waals surface area contributed by atoms with Crippen molar-refractivity contribution in [2.45, 2.75) is 6.92 Å². The summed E-state index contributed by atoms with van der Waals surface area (Å²) in [5.74, 6) is 0. The van der Waals surface area contributed by atoms with Gasteiger partial charge in [-0.25, -0.2) is 9.59 Å². The zero-order valence-corrected chi connectivity index (χ0v) is 9.02. The first-order valence-corrected chi connectivity index (χ1v) is 5.12. The molecular weight excluding hydrogens is 220 g/mol. The van der Waals surface area contributed by atoms with E-state index in [9.17, 15) is 9.59 Å². The summed E-state index contributed by atoms with van der Waals surface area (Å²) in [5, 5.41) is 1.47. The van der Waals surface area contributed by atoms with Crippen molar-refractivity contribution in [3.05, 3.63) is 56.7 Å². The Morgan fingerprint density at radius 1 is 0.882 bits per heavy atom. The largest absolute Gasteiger partial charge is 0.423 e. The molecule has 0 bridgehead atoms. The number of hydrogen-bond acceptors (Lipinski definition) is 4. The molecule has 0 amide bonds. The Hall–Kier alpha value is -2.36. The summed E-state index contributed by atoms with van der Waals surface area (Å²) in [7, 11) is 0. The number of rotatable bonds is 0. The lowest BCUT2D eigenvalue weighted by atomic mass is 10.1. The molecule has 0 aliphatic heterocycles. The molecule has 0 aliphatic carbocycles. The highest BCUT2D eigenvalue weighted by Gasteiger charge is 2.07. The molecule has 2 aromatic heterocycles. The Morgan fingerprint density at radius 2 is 1.65 bits per heavy atom. The van der Waals surface area contributed by atoms with E-state index in [0.717, 1.165) is 10.9 Å². The van der Waals surface area contributed by atoms with Crippen molar-refractivity contribution >= 4 is 21.9 Å². The van der Waals surface area contributed by atoms with E-state index in [1.54, 1.807) is 18.2 Å². The second-order valence-electron chi connectivity index (χ2n) is 3.86. The molecule has 4 nitrogen and oxygen atoms in total. The normalized spacial score (nSPS) is 11.1. The highest BCUT2D eigenvalue weighted by molar-refractivity contribution is 6.02. The fraction of sp³-hybridized carbons (Fsp3) is 0.0769. The fourth-order valence-corrected chi connectivity index (χ4v) is 1.93. The molecule has 0 aliphatic rings. The predicted octanol–water partition coefficient (Wildman–Crippen LogP) is 2.21. The summed E-state index contributed by atoms with van der Waals surface area (Å²) in [6.45, 7) is 1.84. The van der Waals surface area contributed by atoms with Gasteiger partial charge in [-0.05, 0) is 30.7 Å². The second-order valence-corrected chi connectivity index (χ2v) is 3.86. The van der Waals surface area contributed by atoms with Gasteiger partial charge in [-0.3, -0.25) is 0 Å². The van der Waals surface area contributed by atoms with Gasteiger partial charge in [-0.1, -0.05) is 0 Å². The van der Waals surface area contributed by atoms with Gasteiger partial charge in [0.1, 0.15) is 11.2 Å². The number of benzene rings is 1. The van der Waals surface area contributed by atoms with Crippen LogP contribution in [-0.2, 0) is 0 Å². The summed E-state index contributed by atoms with van der Waals surface area (Å²) < 4.78 is 10.2. The minimum Gasteiger partial charge on any atom is -0.423 e. The Bertz CT molecular complexity index is 839. The van der Waals surface area contributed by atoms with Crippen LogP contribution < -0.4 is 11.3 Å². The summed E-state index contributed by atoms with van der Waals surface area (Å²) in [6, 6.07) is 7.83. The Balaban J connectivity index is 2.64. The molecule has 1 aromatic carbocycles. The average molecular weight is 228 g/mol. The summed E-state index contributed by atoms with van der Waals surface area (Å²) in [4.78, 5) is 22.5. The fourth-order valence-electron chi connectivity index (χ4n) is 1.93. The predicted molar refractivity (Wildman–Crippen MR) is 63.3 cm³/mol. The molecule has 3 aromatic rings. The van der Waals surface area contributed by atoms with Crippen LogP contribution in [0.4, 0.5) is 0 Å². The summed E-state index contributed by atoms with van der Waals surface area (Å²) in [6.07, 6.45) is 0. The van der Waals surface area contributed by atoms with Crippen LogP contribution in [0.1, 0.15) is 5.56 Å². The van der Waals surface area contributed by atoms with E-state index in [2.05, 4.69) is 0 Å². The lowest BCUT2D eigenvalue weighted by Crippen LogP contribution is -1.99. The molecule has 2 heterocycles. The molecule has 0 fully saturated rings. The summed E-state index contributed by atoms with van der Waals surface area (Å²) >= 11 is 0. The van der Waals surface area contributed by atoms with Crippen molar-refractivity contribution in [3.63, 3.8) is 0 Å². The SMILES string of the molecule is Cc1cc(=O)oc2c1ccc1oc(=O)ccc12. The van der Waals surface area contributed by atoms with Gasteiger partial charge >= 0.3 is 11.3 Å². The number of hydrogen-bond donors (Lipinski definition) is 0.